The normalized spacial score (nSPS) is 27.4. The summed E-state index contributed by atoms with van der Waals surface area (Å²) in [6, 6.07) is 2.65. The fraction of sp³-hybridized carbons (Fsp3) is 0.609. The van der Waals surface area contributed by atoms with Crippen molar-refractivity contribution in [2.24, 2.45) is 17.8 Å². The van der Waals surface area contributed by atoms with Crippen LogP contribution in [0.15, 0.2) is 23.0 Å². The lowest BCUT2D eigenvalue weighted by Gasteiger charge is -2.31. The molecule has 1 aromatic rings. The minimum absolute atomic E-state index is 0.0430. The van der Waals surface area contributed by atoms with E-state index in [1.54, 1.807) is 21.6 Å². The molecule has 0 bridgehead atoms. The van der Waals surface area contributed by atoms with Crippen molar-refractivity contribution in [1.82, 2.24) is 14.8 Å². The molecule has 4 atom stereocenters. The van der Waals surface area contributed by atoms with Gasteiger partial charge in [0.15, 0.2) is 0 Å². The highest BCUT2D eigenvalue weighted by atomic mass is 16.3. The molecule has 2 amide bonds. The van der Waals surface area contributed by atoms with Gasteiger partial charge in [-0.3, -0.25) is 14.4 Å². The Morgan fingerprint density at radius 1 is 1.30 bits per heavy atom. The Kier molecular flexibility index (Phi) is 5.82. The van der Waals surface area contributed by atoms with Crippen LogP contribution >= 0.6 is 0 Å². The predicted octanol–water partition coefficient (Wildman–Crippen LogP) is 1.70. The molecule has 1 aliphatic carbocycles. The monoisotopic (exact) mass is 413 g/mol. The molecule has 1 saturated carbocycles. The van der Waals surface area contributed by atoms with Crippen molar-refractivity contribution in [3.05, 3.63) is 39.8 Å². The fourth-order valence-corrected chi connectivity index (χ4v) is 5.12. The van der Waals surface area contributed by atoms with Crippen LogP contribution in [0.2, 0.25) is 0 Å². The molecule has 3 aliphatic rings. The lowest BCUT2D eigenvalue weighted by molar-refractivity contribution is -0.142. The standard InChI is InChI=1S/C23H31N3O4/c1-3-5-15-8-9-18-20-16(12-25(18)23(15)30)17(13-27)21(22(29)24-10-4-2)26(20)19(28)11-14-6-7-14/h3,5,8-9,14,16-17,20-21,27H,4,6-7,10-13H2,1-2H3,(H,24,29)/b5-3-/t16-,17-,20+,21-/m1/s1. The molecule has 7 nitrogen and oxygen atoms in total. The number of carbonyl (C=O) groups excluding carboxylic acids is 2. The molecule has 0 radical (unpaired) electrons. The van der Waals surface area contributed by atoms with Gasteiger partial charge in [-0.25, -0.2) is 0 Å². The van der Waals surface area contributed by atoms with E-state index in [0.717, 1.165) is 25.0 Å². The lowest BCUT2D eigenvalue weighted by atomic mass is 9.88. The summed E-state index contributed by atoms with van der Waals surface area (Å²) in [7, 11) is 0. The first kappa shape index (κ1) is 20.8. The van der Waals surface area contributed by atoms with Gasteiger partial charge in [0.2, 0.25) is 11.8 Å². The minimum Gasteiger partial charge on any atom is -0.396 e. The van der Waals surface area contributed by atoms with Gasteiger partial charge < -0.3 is 19.9 Å². The number of aliphatic hydroxyl groups excluding tert-OH is 1. The molecule has 0 unspecified atom stereocenters. The van der Waals surface area contributed by atoms with Gasteiger partial charge in [-0.05, 0) is 44.2 Å². The maximum absolute atomic E-state index is 13.3. The van der Waals surface area contributed by atoms with Gasteiger partial charge >= 0.3 is 0 Å². The number of hydrogen-bond donors (Lipinski definition) is 2. The highest BCUT2D eigenvalue weighted by molar-refractivity contribution is 5.89. The molecule has 30 heavy (non-hydrogen) atoms. The number of carbonyl (C=O) groups is 2. The van der Waals surface area contributed by atoms with E-state index >= 15 is 0 Å². The highest BCUT2D eigenvalue weighted by Gasteiger charge is 2.57. The zero-order valence-electron chi connectivity index (χ0n) is 17.7. The molecule has 1 aromatic heterocycles. The molecule has 162 valence electrons. The van der Waals surface area contributed by atoms with Crippen LogP contribution in [-0.2, 0) is 16.1 Å². The summed E-state index contributed by atoms with van der Waals surface area (Å²) in [5, 5.41) is 13.1. The summed E-state index contributed by atoms with van der Waals surface area (Å²) >= 11 is 0. The van der Waals surface area contributed by atoms with E-state index in [1.807, 2.05) is 26.0 Å². The lowest BCUT2D eigenvalue weighted by Crippen LogP contribution is -2.50. The average Bonchev–Trinajstić information content (AvgIpc) is 3.37. The Hall–Kier alpha value is -2.41. The van der Waals surface area contributed by atoms with Crippen LogP contribution in [0.1, 0.15) is 56.8 Å². The van der Waals surface area contributed by atoms with E-state index in [2.05, 4.69) is 5.32 Å². The van der Waals surface area contributed by atoms with Crippen molar-refractivity contribution in [3.63, 3.8) is 0 Å². The number of hydrogen-bond acceptors (Lipinski definition) is 4. The van der Waals surface area contributed by atoms with E-state index in [-0.39, 0.29) is 41.9 Å². The van der Waals surface area contributed by atoms with Crippen molar-refractivity contribution in [3.8, 4) is 0 Å². The van der Waals surface area contributed by atoms with E-state index in [9.17, 15) is 19.5 Å². The number of fused-ring (bicyclic) bond motifs is 3. The second-order valence-corrected chi connectivity index (χ2v) is 8.77. The predicted molar refractivity (Wildman–Crippen MR) is 113 cm³/mol. The summed E-state index contributed by atoms with van der Waals surface area (Å²) in [6.07, 6.45) is 6.94. The number of nitrogens with one attached hydrogen (secondary N) is 1. The van der Waals surface area contributed by atoms with Gasteiger partial charge in [0.05, 0.1) is 6.04 Å². The van der Waals surface area contributed by atoms with Gasteiger partial charge in [-0.15, -0.1) is 0 Å². The summed E-state index contributed by atoms with van der Waals surface area (Å²) in [4.78, 5) is 41.0. The molecular weight excluding hydrogens is 382 g/mol. The molecule has 0 spiro atoms. The number of likely N-dealkylation sites (tertiary alicyclic amines) is 1. The number of amides is 2. The number of rotatable bonds is 7. The summed E-state index contributed by atoms with van der Waals surface area (Å²) in [5.74, 6) is -0.389. The first-order chi connectivity index (χ1) is 14.5. The van der Waals surface area contributed by atoms with Crippen molar-refractivity contribution in [2.75, 3.05) is 13.2 Å². The smallest absolute Gasteiger partial charge is 0.258 e. The maximum atomic E-state index is 13.3. The van der Waals surface area contributed by atoms with Crippen molar-refractivity contribution in [2.45, 2.75) is 58.2 Å². The maximum Gasteiger partial charge on any atom is 0.258 e. The summed E-state index contributed by atoms with van der Waals surface area (Å²) < 4.78 is 1.73. The number of allylic oxidation sites excluding steroid dienone is 1. The van der Waals surface area contributed by atoms with Gasteiger partial charge in [0.1, 0.15) is 6.04 Å². The molecule has 2 fully saturated rings. The molecule has 3 heterocycles. The van der Waals surface area contributed by atoms with Gasteiger partial charge in [-0.2, -0.15) is 0 Å². The van der Waals surface area contributed by atoms with Crippen LogP contribution in [0.5, 0.6) is 0 Å². The molecule has 4 rings (SSSR count). The summed E-state index contributed by atoms with van der Waals surface area (Å²) in [5.41, 5.74) is 1.29. The number of pyridine rings is 1. The molecule has 1 saturated heterocycles. The molecular formula is C23H31N3O4. The average molecular weight is 414 g/mol. The first-order valence-corrected chi connectivity index (χ1v) is 11.1. The van der Waals surface area contributed by atoms with Crippen LogP contribution in [0, 0.1) is 17.8 Å². The van der Waals surface area contributed by atoms with Crippen LogP contribution in [0.3, 0.4) is 0 Å². The highest BCUT2D eigenvalue weighted by Crippen LogP contribution is 2.50. The fourth-order valence-electron chi connectivity index (χ4n) is 5.12. The Balaban J connectivity index is 1.75. The second kappa shape index (κ2) is 8.38. The Morgan fingerprint density at radius 2 is 2.07 bits per heavy atom. The zero-order valence-corrected chi connectivity index (χ0v) is 17.7. The largest absolute Gasteiger partial charge is 0.396 e. The van der Waals surface area contributed by atoms with Crippen LogP contribution < -0.4 is 10.9 Å². The van der Waals surface area contributed by atoms with E-state index < -0.39 is 6.04 Å². The van der Waals surface area contributed by atoms with Crippen LogP contribution in [0.25, 0.3) is 6.08 Å². The first-order valence-electron chi connectivity index (χ1n) is 11.1. The van der Waals surface area contributed by atoms with Gasteiger partial charge in [-0.1, -0.05) is 19.1 Å². The Bertz CT molecular complexity index is 918. The van der Waals surface area contributed by atoms with Gasteiger partial charge in [0.25, 0.3) is 5.56 Å². The number of aromatic nitrogens is 1. The van der Waals surface area contributed by atoms with Crippen LogP contribution in [0.4, 0.5) is 0 Å². The molecule has 2 N–H and O–H groups in total. The quantitative estimate of drug-likeness (QED) is 0.712. The van der Waals surface area contributed by atoms with Crippen molar-refractivity contribution < 1.29 is 14.7 Å². The molecule has 7 heteroatoms. The van der Waals surface area contributed by atoms with Crippen LogP contribution in [-0.4, -0.2) is 45.6 Å². The van der Waals surface area contributed by atoms with Gasteiger partial charge in [0, 0.05) is 49.2 Å². The molecule has 2 aliphatic heterocycles. The number of nitrogens with zero attached hydrogens (tertiary/aromatic N) is 2. The Morgan fingerprint density at radius 3 is 2.70 bits per heavy atom. The number of aliphatic hydroxyl groups is 1. The third-order valence-electron chi connectivity index (χ3n) is 6.72. The van der Waals surface area contributed by atoms with Crippen molar-refractivity contribution >= 4 is 17.9 Å². The third kappa shape index (κ3) is 3.49. The van der Waals surface area contributed by atoms with Crippen molar-refractivity contribution in [1.29, 1.82) is 0 Å². The molecule has 0 aromatic carbocycles. The SMILES string of the molecule is C/C=C\c1ccc2n(c1=O)C[C@@H]1[C@@H](CO)[C@H](C(=O)NCCC)N(C(=O)CC3CC3)[C@H]21. The van der Waals surface area contributed by atoms with E-state index in [1.165, 1.54) is 0 Å². The topological polar surface area (TPSA) is 91.6 Å². The Labute approximate surface area is 176 Å². The minimum atomic E-state index is -0.693. The zero-order chi connectivity index (χ0) is 21.4. The third-order valence-corrected chi connectivity index (χ3v) is 6.72. The summed E-state index contributed by atoms with van der Waals surface area (Å²) in [6.45, 7) is 4.61. The second-order valence-electron chi connectivity index (χ2n) is 8.77. The van der Waals surface area contributed by atoms with E-state index in [0.29, 0.717) is 31.0 Å². The van der Waals surface area contributed by atoms with E-state index in [4.69, 9.17) is 0 Å².